The molecule has 0 radical (unpaired) electrons. The van der Waals surface area contributed by atoms with Crippen molar-refractivity contribution in [3.8, 4) is 0 Å². The number of sulfonamides is 1. The Hall–Kier alpha value is -1.37. The molecule has 0 aliphatic heterocycles. The topological polar surface area (TPSA) is 63.2 Å². The van der Waals surface area contributed by atoms with Crippen LogP contribution in [0.5, 0.6) is 0 Å². The Kier molecular flexibility index (Phi) is 5.84. The zero-order valence-corrected chi connectivity index (χ0v) is 15.3. The maximum atomic E-state index is 12.6. The molecule has 0 bridgehead atoms. The van der Waals surface area contributed by atoms with Gasteiger partial charge in [0.15, 0.2) is 0 Å². The van der Waals surface area contributed by atoms with Crippen molar-refractivity contribution in [3.05, 3.63) is 45.1 Å². The predicted octanol–water partition coefficient (Wildman–Crippen LogP) is 4.42. The van der Waals surface area contributed by atoms with Crippen LogP contribution in [0.1, 0.15) is 30.2 Å². The number of halogens is 1. The molecule has 1 aromatic heterocycles. The lowest BCUT2D eigenvalue weighted by molar-refractivity contribution is -0.118. The first kappa shape index (κ1) is 18.0. The van der Waals surface area contributed by atoms with Gasteiger partial charge in [0.05, 0.1) is 10.6 Å². The lowest BCUT2D eigenvalue weighted by atomic mass is 10.1. The molecular weight excluding hydrogens is 354 g/mol. The van der Waals surface area contributed by atoms with Crippen molar-refractivity contribution >= 4 is 44.4 Å². The predicted molar refractivity (Wildman–Crippen MR) is 94.9 cm³/mol. The van der Waals surface area contributed by atoms with Crippen molar-refractivity contribution in [3.63, 3.8) is 0 Å². The van der Waals surface area contributed by atoms with Crippen molar-refractivity contribution in [2.45, 2.75) is 38.0 Å². The fourth-order valence-electron chi connectivity index (χ4n) is 2.19. The Morgan fingerprint density at radius 1 is 1.30 bits per heavy atom. The molecule has 0 aliphatic rings. The van der Waals surface area contributed by atoms with E-state index in [1.54, 1.807) is 30.5 Å². The smallest absolute Gasteiger partial charge is 0.262 e. The molecule has 1 aromatic carbocycles. The van der Waals surface area contributed by atoms with Gasteiger partial charge in [-0.15, -0.1) is 11.3 Å². The van der Waals surface area contributed by atoms with Crippen molar-refractivity contribution in [1.82, 2.24) is 0 Å². The highest BCUT2D eigenvalue weighted by molar-refractivity contribution is 7.92. The number of carbonyl (C=O) groups excluding carboxylic acids is 1. The van der Waals surface area contributed by atoms with E-state index < -0.39 is 10.0 Å². The van der Waals surface area contributed by atoms with Gasteiger partial charge in [-0.25, -0.2) is 8.42 Å². The minimum absolute atomic E-state index is 0.106. The van der Waals surface area contributed by atoms with E-state index in [4.69, 9.17) is 11.6 Å². The van der Waals surface area contributed by atoms with E-state index in [1.165, 1.54) is 17.4 Å². The zero-order valence-electron chi connectivity index (χ0n) is 12.9. The van der Waals surface area contributed by atoms with Crippen LogP contribution < -0.4 is 4.72 Å². The lowest BCUT2D eigenvalue weighted by Gasteiger charge is -2.11. The van der Waals surface area contributed by atoms with E-state index in [2.05, 4.69) is 4.72 Å². The second kappa shape index (κ2) is 7.47. The molecule has 0 amide bonds. The van der Waals surface area contributed by atoms with Gasteiger partial charge >= 0.3 is 0 Å². The second-order valence-electron chi connectivity index (χ2n) is 5.19. The SMILES string of the molecule is CCCC(=O)Cc1sccc1NS(=O)(=O)c1cccc(Cl)c1C. The summed E-state index contributed by atoms with van der Waals surface area (Å²) in [6, 6.07) is 6.44. The zero-order chi connectivity index (χ0) is 17.0. The summed E-state index contributed by atoms with van der Waals surface area (Å²) in [4.78, 5) is 12.7. The highest BCUT2D eigenvalue weighted by Gasteiger charge is 2.20. The number of hydrogen-bond acceptors (Lipinski definition) is 4. The van der Waals surface area contributed by atoms with E-state index in [0.717, 1.165) is 11.3 Å². The van der Waals surface area contributed by atoms with E-state index in [0.29, 0.717) is 22.7 Å². The third-order valence-electron chi connectivity index (χ3n) is 3.38. The Morgan fingerprint density at radius 3 is 2.74 bits per heavy atom. The largest absolute Gasteiger partial charge is 0.299 e. The number of Topliss-reactive ketones (excluding diaryl/α,β-unsaturated/α-hetero) is 1. The molecule has 0 fully saturated rings. The lowest BCUT2D eigenvalue weighted by Crippen LogP contribution is -2.15. The van der Waals surface area contributed by atoms with E-state index in [-0.39, 0.29) is 17.1 Å². The van der Waals surface area contributed by atoms with Crippen LogP contribution in [0.25, 0.3) is 0 Å². The normalized spacial score (nSPS) is 11.4. The van der Waals surface area contributed by atoms with Gasteiger partial charge in [-0.05, 0) is 42.5 Å². The molecule has 2 aromatic rings. The molecule has 23 heavy (non-hydrogen) atoms. The van der Waals surface area contributed by atoms with Crippen LogP contribution >= 0.6 is 22.9 Å². The summed E-state index contributed by atoms with van der Waals surface area (Å²) in [5.74, 6) is 0.106. The van der Waals surface area contributed by atoms with Gasteiger partial charge in [0, 0.05) is 22.7 Å². The molecule has 1 heterocycles. The van der Waals surface area contributed by atoms with E-state index >= 15 is 0 Å². The standard InChI is InChI=1S/C16H18ClNO3S2/c1-3-5-12(19)10-15-14(8-9-22-15)18-23(20,21)16-7-4-6-13(17)11(16)2/h4,6-9,18H,3,5,10H2,1-2H3. The Bertz CT molecular complexity index is 812. The Labute approximate surface area is 145 Å². The van der Waals surface area contributed by atoms with Crippen LogP contribution in [0.15, 0.2) is 34.5 Å². The van der Waals surface area contributed by atoms with Gasteiger partial charge in [0.2, 0.25) is 0 Å². The number of hydrogen-bond donors (Lipinski definition) is 1. The van der Waals surface area contributed by atoms with Crippen LogP contribution in [0, 0.1) is 6.92 Å². The van der Waals surface area contributed by atoms with Gasteiger partial charge in [-0.1, -0.05) is 24.6 Å². The Balaban J connectivity index is 2.27. The van der Waals surface area contributed by atoms with E-state index in [9.17, 15) is 13.2 Å². The maximum Gasteiger partial charge on any atom is 0.262 e. The molecule has 0 atom stereocenters. The van der Waals surface area contributed by atoms with E-state index in [1.807, 2.05) is 6.92 Å². The molecule has 0 aliphatic carbocycles. The summed E-state index contributed by atoms with van der Waals surface area (Å²) in [5.41, 5.74) is 0.958. The average Bonchev–Trinajstić information content (AvgIpc) is 2.88. The molecule has 2 rings (SSSR count). The van der Waals surface area contributed by atoms with Gasteiger partial charge in [-0.2, -0.15) is 0 Å². The van der Waals surface area contributed by atoms with Crippen molar-refractivity contribution < 1.29 is 13.2 Å². The molecule has 0 unspecified atom stereocenters. The monoisotopic (exact) mass is 371 g/mol. The van der Waals surface area contributed by atoms with Crippen LogP contribution in [0.2, 0.25) is 5.02 Å². The summed E-state index contributed by atoms with van der Waals surface area (Å²) >= 11 is 7.37. The summed E-state index contributed by atoms with van der Waals surface area (Å²) in [6.07, 6.45) is 1.53. The number of rotatable bonds is 7. The molecule has 0 saturated heterocycles. The molecule has 4 nitrogen and oxygen atoms in total. The number of thiophene rings is 1. The third-order valence-corrected chi connectivity index (χ3v) is 6.22. The summed E-state index contributed by atoms with van der Waals surface area (Å²) in [7, 11) is -3.75. The van der Waals surface area contributed by atoms with Gasteiger partial charge in [-0.3, -0.25) is 9.52 Å². The fraction of sp³-hybridized carbons (Fsp3) is 0.312. The van der Waals surface area contributed by atoms with Crippen LogP contribution in [0.4, 0.5) is 5.69 Å². The number of ketones is 1. The van der Waals surface area contributed by atoms with Crippen LogP contribution in [-0.4, -0.2) is 14.2 Å². The fourth-order valence-corrected chi connectivity index (χ4v) is 4.71. The number of nitrogens with one attached hydrogen (secondary N) is 1. The number of benzene rings is 1. The number of carbonyl (C=O) groups is 1. The maximum absolute atomic E-state index is 12.6. The van der Waals surface area contributed by atoms with Gasteiger partial charge < -0.3 is 0 Å². The minimum atomic E-state index is -3.75. The molecule has 0 spiro atoms. The summed E-state index contributed by atoms with van der Waals surface area (Å²) < 4.78 is 27.7. The highest BCUT2D eigenvalue weighted by Crippen LogP contribution is 2.29. The highest BCUT2D eigenvalue weighted by atomic mass is 35.5. The molecule has 124 valence electrons. The molecule has 0 saturated carbocycles. The van der Waals surface area contributed by atoms with Gasteiger partial charge in [0.1, 0.15) is 5.78 Å². The van der Waals surface area contributed by atoms with Crippen molar-refractivity contribution in [2.75, 3.05) is 4.72 Å². The van der Waals surface area contributed by atoms with Crippen LogP contribution in [0.3, 0.4) is 0 Å². The quantitative estimate of drug-likeness (QED) is 0.783. The number of anilines is 1. The third kappa shape index (κ3) is 4.34. The van der Waals surface area contributed by atoms with Crippen molar-refractivity contribution in [1.29, 1.82) is 0 Å². The first-order chi connectivity index (χ1) is 10.8. The summed E-state index contributed by atoms with van der Waals surface area (Å²) in [5, 5.41) is 2.17. The first-order valence-electron chi connectivity index (χ1n) is 7.21. The second-order valence-corrected chi connectivity index (χ2v) is 8.25. The van der Waals surface area contributed by atoms with Crippen LogP contribution in [-0.2, 0) is 21.2 Å². The minimum Gasteiger partial charge on any atom is -0.299 e. The molecular formula is C16H18ClNO3S2. The molecule has 7 heteroatoms. The Morgan fingerprint density at radius 2 is 2.04 bits per heavy atom. The average molecular weight is 372 g/mol. The first-order valence-corrected chi connectivity index (χ1v) is 9.95. The van der Waals surface area contributed by atoms with Crippen molar-refractivity contribution in [2.24, 2.45) is 0 Å². The van der Waals surface area contributed by atoms with Gasteiger partial charge in [0.25, 0.3) is 10.0 Å². The summed E-state index contributed by atoms with van der Waals surface area (Å²) in [6.45, 7) is 3.61. The molecule has 1 N–H and O–H groups in total.